The number of aliphatic hydroxyl groups is 2. The number of hydrogen-bond donors (Lipinski definition) is 4. The predicted octanol–water partition coefficient (Wildman–Crippen LogP) is 2.36. The van der Waals surface area contributed by atoms with Gasteiger partial charge < -0.3 is 34.6 Å². The van der Waals surface area contributed by atoms with Crippen LogP contribution in [0.2, 0.25) is 0 Å². The average Bonchev–Trinajstić information content (AvgIpc) is 3.34. The van der Waals surface area contributed by atoms with Crippen molar-refractivity contribution >= 4 is 6.09 Å². The molecule has 194 valence electrons. The van der Waals surface area contributed by atoms with Gasteiger partial charge in [0.25, 0.3) is 0 Å². The summed E-state index contributed by atoms with van der Waals surface area (Å²) in [6.45, 7) is 6.23. The maximum absolute atomic E-state index is 11.1. The van der Waals surface area contributed by atoms with Gasteiger partial charge in [-0.25, -0.2) is 9.78 Å². The smallest absolute Gasteiger partial charge is 0.404 e. The highest BCUT2D eigenvalue weighted by Gasteiger charge is 2.54. The number of nitrogens with one attached hydrogen (secondary N) is 1. The van der Waals surface area contributed by atoms with Gasteiger partial charge in [-0.1, -0.05) is 17.0 Å². The summed E-state index contributed by atoms with van der Waals surface area (Å²) in [6, 6.07) is 8.98. The van der Waals surface area contributed by atoms with Crippen molar-refractivity contribution in [1.29, 1.82) is 0 Å². The van der Waals surface area contributed by atoms with Gasteiger partial charge in [0.15, 0.2) is 5.76 Å². The fourth-order valence-electron chi connectivity index (χ4n) is 5.26. The van der Waals surface area contributed by atoms with Crippen molar-refractivity contribution < 1.29 is 24.6 Å². The molecule has 1 aliphatic carbocycles. The molecule has 1 aromatic carbocycles. The number of β-amino-alcohol motifs (C(OH)–C–C–N with tert-alkyl or cyclic N) is 1. The van der Waals surface area contributed by atoms with Gasteiger partial charge in [-0.05, 0) is 49.9 Å². The fraction of sp³-hybridized carbons (Fsp3) is 0.444. The monoisotopic (exact) mass is 505 g/mol. The van der Waals surface area contributed by atoms with Crippen LogP contribution in [0.3, 0.4) is 0 Å². The lowest BCUT2D eigenvalue weighted by Crippen LogP contribution is -2.31. The number of imidazole rings is 1. The summed E-state index contributed by atoms with van der Waals surface area (Å²) < 4.78 is 7.28. The molecule has 1 saturated heterocycles. The molecule has 1 amide bonds. The molecule has 37 heavy (non-hydrogen) atoms. The van der Waals surface area contributed by atoms with Crippen LogP contribution < -0.4 is 5.32 Å². The van der Waals surface area contributed by atoms with Crippen molar-refractivity contribution in [3.63, 3.8) is 0 Å². The molecule has 2 aromatic heterocycles. The molecule has 1 saturated carbocycles. The summed E-state index contributed by atoms with van der Waals surface area (Å²) in [4.78, 5) is 17.6. The molecular formula is C27H31N5O5. The summed E-state index contributed by atoms with van der Waals surface area (Å²) in [6.07, 6.45) is 0.950. The molecule has 1 aliphatic heterocycles. The van der Waals surface area contributed by atoms with Gasteiger partial charge in [0, 0.05) is 61.7 Å². The van der Waals surface area contributed by atoms with Crippen LogP contribution in [0.4, 0.5) is 4.79 Å². The number of likely N-dealkylation sites (tertiary alicyclic amines) is 1. The first kappa shape index (κ1) is 25.0. The number of hydrogen-bond acceptors (Lipinski definition) is 7. The zero-order chi connectivity index (χ0) is 26.1. The maximum atomic E-state index is 11.1. The van der Waals surface area contributed by atoms with Gasteiger partial charge >= 0.3 is 6.09 Å². The average molecular weight is 506 g/mol. The van der Waals surface area contributed by atoms with Gasteiger partial charge in [-0.3, -0.25) is 0 Å². The predicted molar refractivity (Wildman–Crippen MR) is 134 cm³/mol. The topological polar surface area (TPSA) is 137 Å². The molecule has 2 fully saturated rings. The zero-order valence-electron chi connectivity index (χ0n) is 20.8. The minimum atomic E-state index is -1.16. The van der Waals surface area contributed by atoms with E-state index < -0.39 is 18.2 Å². The van der Waals surface area contributed by atoms with Crippen molar-refractivity contribution in [2.45, 2.75) is 32.1 Å². The Labute approximate surface area is 214 Å². The number of piperidine rings is 1. The van der Waals surface area contributed by atoms with E-state index in [1.807, 2.05) is 31.2 Å². The first-order valence-corrected chi connectivity index (χ1v) is 12.5. The third-order valence-electron chi connectivity index (χ3n) is 7.07. The van der Waals surface area contributed by atoms with Crippen LogP contribution in [-0.2, 0) is 0 Å². The van der Waals surface area contributed by atoms with Crippen LogP contribution in [0.5, 0.6) is 0 Å². The summed E-state index contributed by atoms with van der Waals surface area (Å²) in [5, 5.41) is 35.3. The molecule has 3 aromatic rings. The van der Waals surface area contributed by atoms with E-state index in [2.05, 4.69) is 32.2 Å². The minimum Gasteiger partial charge on any atom is -0.465 e. The van der Waals surface area contributed by atoms with E-state index in [9.17, 15) is 15.0 Å². The van der Waals surface area contributed by atoms with Crippen molar-refractivity contribution in [2.24, 2.45) is 17.8 Å². The van der Waals surface area contributed by atoms with E-state index in [0.29, 0.717) is 35.0 Å². The van der Waals surface area contributed by atoms with Crippen molar-refractivity contribution in [1.82, 2.24) is 24.9 Å². The number of benzene rings is 1. The second-order valence-electron chi connectivity index (χ2n) is 9.95. The van der Waals surface area contributed by atoms with Crippen LogP contribution in [-0.4, -0.2) is 73.3 Å². The highest BCUT2D eigenvalue weighted by molar-refractivity contribution is 5.64. The summed E-state index contributed by atoms with van der Waals surface area (Å²) >= 11 is 0. The van der Waals surface area contributed by atoms with Gasteiger partial charge in [0.2, 0.25) is 0 Å². The summed E-state index contributed by atoms with van der Waals surface area (Å²) in [7, 11) is 0. The van der Waals surface area contributed by atoms with Crippen LogP contribution in [0.15, 0.2) is 47.2 Å². The number of amides is 1. The Bertz CT molecular complexity index is 1290. The number of aromatic nitrogens is 3. The van der Waals surface area contributed by atoms with Crippen LogP contribution in [0.1, 0.15) is 43.1 Å². The first-order valence-electron chi connectivity index (χ1n) is 12.5. The van der Waals surface area contributed by atoms with Crippen molar-refractivity contribution in [3.05, 3.63) is 59.8 Å². The Hall–Kier alpha value is -3.65. The fourth-order valence-corrected chi connectivity index (χ4v) is 5.26. The maximum Gasteiger partial charge on any atom is 0.404 e. The number of nitrogens with zero attached hydrogens (tertiary/aromatic N) is 4. The van der Waals surface area contributed by atoms with Crippen LogP contribution in [0.25, 0.3) is 11.3 Å². The molecule has 2 unspecified atom stereocenters. The quantitative estimate of drug-likeness (QED) is 0.343. The molecule has 0 bridgehead atoms. The lowest BCUT2D eigenvalue weighted by molar-refractivity contribution is 0.132. The number of aliphatic hydroxyl groups excluding tert-OH is 2. The van der Waals surface area contributed by atoms with Gasteiger partial charge in [0.05, 0.1) is 12.1 Å². The van der Waals surface area contributed by atoms with E-state index in [4.69, 9.17) is 9.63 Å². The normalized spacial score (nSPS) is 23.0. The van der Waals surface area contributed by atoms with E-state index in [1.54, 1.807) is 30.0 Å². The second kappa shape index (κ2) is 10.4. The lowest BCUT2D eigenvalue weighted by Gasteiger charge is -2.19. The molecule has 3 heterocycles. The molecule has 2 aliphatic rings. The van der Waals surface area contributed by atoms with Crippen molar-refractivity contribution in [2.75, 3.05) is 26.2 Å². The largest absolute Gasteiger partial charge is 0.465 e. The Morgan fingerprint density at radius 1 is 1.22 bits per heavy atom. The Kier molecular flexibility index (Phi) is 7.02. The Morgan fingerprint density at radius 3 is 2.59 bits per heavy atom. The lowest BCUT2D eigenvalue weighted by atomic mass is 10.1. The first-order chi connectivity index (χ1) is 17.8. The van der Waals surface area contributed by atoms with Crippen LogP contribution in [0, 0.1) is 29.6 Å². The van der Waals surface area contributed by atoms with E-state index in [0.717, 1.165) is 30.8 Å². The summed E-state index contributed by atoms with van der Waals surface area (Å²) in [5.74, 6) is 9.33. The summed E-state index contributed by atoms with van der Waals surface area (Å²) in [5.41, 5.74) is 2.27. The number of fused-ring (bicyclic) bond motifs is 1. The third-order valence-corrected chi connectivity index (χ3v) is 7.07. The van der Waals surface area contributed by atoms with E-state index >= 15 is 0 Å². The Balaban J connectivity index is 1.26. The van der Waals surface area contributed by atoms with Crippen molar-refractivity contribution in [3.8, 4) is 23.2 Å². The molecule has 0 spiro atoms. The molecule has 10 nitrogen and oxygen atoms in total. The molecule has 10 heteroatoms. The highest BCUT2D eigenvalue weighted by Crippen LogP contribution is 2.51. The molecule has 4 N–H and O–H groups in total. The zero-order valence-corrected chi connectivity index (χ0v) is 20.8. The third kappa shape index (κ3) is 5.54. The minimum absolute atomic E-state index is 0.0336. The number of carboxylic acid groups (broad SMARTS) is 1. The van der Waals surface area contributed by atoms with Gasteiger partial charge in [-0.2, -0.15) is 0 Å². The standard InChI is InChI=1S/C27H31N5O5/c1-16(33)13-31-14-21-20(22(21)15-31)8-5-18-3-6-19(7-4-18)25-11-23(30-37-25)24(12-29-27(35)36)32-10-9-28-26(32)17(2)34/h3-4,6-7,9-11,16-17,20-22,24,29,33-34H,12-15H2,1-2H3,(H,35,36)/t16?,17-,20?,21-,22+,24+/m0/s1. The molecule has 5 rings (SSSR count). The molecule has 0 radical (unpaired) electrons. The van der Waals surface area contributed by atoms with E-state index in [-0.39, 0.29) is 12.6 Å². The number of rotatable bonds is 8. The molecular weight excluding hydrogens is 474 g/mol. The SMILES string of the molecule is CC(O)CN1C[C@@H]2C(C#Cc3ccc(-c4cc([C@@H](CNC(=O)O)n5ccnc5[C@H](C)O)no4)cc3)[C@@H]2C1. The Morgan fingerprint density at radius 2 is 1.95 bits per heavy atom. The van der Waals surface area contributed by atoms with Gasteiger partial charge in [0.1, 0.15) is 17.6 Å². The second-order valence-corrected chi connectivity index (χ2v) is 9.95. The highest BCUT2D eigenvalue weighted by atomic mass is 16.5. The van der Waals surface area contributed by atoms with Crippen LogP contribution >= 0.6 is 0 Å². The molecule has 6 atom stereocenters. The van der Waals surface area contributed by atoms with E-state index in [1.165, 1.54) is 0 Å². The number of carbonyl (C=O) groups is 1. The van der Waals surface area contributed by atoms with Gasteiger partial charge in [-0.15, -0.1) is 0 Å².